The third-order valence-corrected chi connectivity index (χ3v) is 4.45. The zero-order valence-electron chi connectivity index (χ0n) is 13.4. The molecular formula is C17H24N2OS. The molecule has 0 radical (unpaired) electrons. The van der Waals surface area contributed by atoms with E-state index >= 15 is 0 Å². The minimum atomic E-state index is -0.0849. The molecule has 0 bridgehead atoms. The SMILES string of the molecule is COC(c1ccccc1)c1nc(C)c(CNC(C)(C)C)s1. The summed E-state index contributed by atoms with van der Waals surface area (Å²) >= 11 is 1.73. The molecule has 1 aromatic carbocycles. The van der Waals surface area contributed by atoms with Gasteiger partial charge in [0.25, 0.3) is 0 Å². The lowest BCUT2D eigenvalue weighted by Crippen LogP contribution is -2.34. The second-order valence-corrected chi connectivity index (χ2v) is 7.31. The summed E-state index contributed by atoms with van der Waals surface area (Å²) in [5.74, 6) is 0. The van der Waals surface area contributed by atoms with Crippen molar-refractivity contribution in [3.63, 3.8) is 0 Å². The van der Waals surface area contributed by atoms with Crippen LogP contribution in [0.3, 0.4) is 0 Å². The Morgan fingerprint density at radius 2 is 1.90 bits per heavy atom. The number of rotatable bonds is 5. The third-order valence-electron chi connectivity index (χ3n) is 3.25. The van der Waals surface area contributed by atoms with E-state index in [0.717, 1.165) is 22.8 Å². The van der Waals surface area contributed by atoms with Crippen LogP contribution >= 0.6 is 11.3 Å². The van der Waals surface area contributed by atoms with Crippen molar-refractivity contribution < 1.29 is 4.74 Å². The van der Waals surface area contributed by atoms with E-state index in [-0.39, 0.29) is 11.6 Å². The van der Waals surface area contributed by atoms with Crippen molar-refractivity contribution in [2.75, 3.05) is 7.11 Å². The number of methoxy groups -OCH3 is 1. The van der Waals surface area contributed by atoms with E-state index < -0.39 is 0 Å². The van der Waals surface area contributed by atoms with Crippen LogP contribution in [-0.4, -0.2) is 17.6 Å². The fourth-order valence-electron chi connectivity index (χ4n) is 2.08. The molecule has 114 valence electrons. The maximum atomic E-state index is 5.66. The fourth-order valence-corrected chi connectivity index (χ4v) is 3.19. The quantitative estimate of drug-likeness (QED) is 0.904. The monoisotopic (exact) mass is 304 g/mol. The summed E-state index contributed by atoms with van der Waals surface area (Å²) in [7, 11) is 1.74. The molecule has 1 N–H and O–H groups in total. The van der Waals surface area contributed by atoms with Crippen LogP contribution in [0.15, 0.2) is 30.3 Å². The van der Waals surface area contributed by atoms with E-state index in [9.17, 15) is 0 Å². The van der Waals surface area contributed by atoms with Crippen LogP contribution in [0.25, 0.3) is 0 Å². The Morgan fingerprint density at radius 1 is 1.24 bits per heavy atom. The van der Waals surface area contributed by atoms with Gasteiger partial charge in [0.1, 0.15) is 11.1 Å². The van der Waals surface area contributed by atoms with Crippen LogP contribution in [0.2, 0.25) is 0 Å². The number of thiazole rings is 1. The van der Waals surface area contributed by atoms with Crippen molar-refractivity contribution >= 4 is 11.3 Å². The van der Waals surface area contributed by atoms with E-state index in [2.05, 4.69) is 45.1 Å². The molecule has 0 spiro atoms. The van der Waals surface area contributed by atoms with Crippen LogP contribution in [0.5, 0.6) is 0 Å². The van der Waals surface area contributed by atoms with Gasteiger partial charge in [-0.25, -0.2) is 4.98 Å². The lowest BCUT2D eigenvalue weighted by Gasteiger charge is -2.20. The Hall–Kier alpha value is -1.23. The molecule has 2 aromatic rings. The number of nitrogens with zero attached hydrogens (tertiary/aromatic N) is 1. The van der Waals surface area contributed by atoms with Gasteiger partial charge in [-0.05, 0) is 33.3 Å². The summed E-state index contributed by atoms with van der Waals surface area (Å²) in [6.45, 7) is 9.43. The summed E-state index contributed by atoms with van der Waals surface area (Å²) in [6, 6.07) is 10.2. The Morgan fingerprint density at radius 3 is 2.48 bits per heavy atom. The lowest BCUT2D eigenvalue weighted by molar-refractivity contribution is 0.136. The minimum absolute atomic E-state index is 0.0849. The molecule has 0 saturated carbocycles. The average Bonchev–Trinajstić information content (AvgIpc) is 2.79. The van der Waals surface area contributed by atoms with E-state index in [1.807, 2.05) is 18.2 Å². The van der Waals surface area contributed by atoms with Gasteiger partial charge in [-0.15, -0.1) is 11.3 Å². The Bertz CT molecular complexity index is 572. The van der Waals surface area contributed by atoms with Gasteiger partial charge < -0.3 is 10.1 Å². The Labute approximate surface area is 131 Å². The first kappa shape index (κ1) is 16.1. The second kappa shape index (κ2) is 6.69. The Kier molecular flexibility index (Phi) is 5.14. The largest absolute Gasteiger partial charge is 0.370 e. The smallest absolute Gasteiger partial charge is 0.134 e. The number of benzene rings is 1. The van der Waals surface area contributed by atoms with Crippen molar-refractivity contribution in [1.82, 2.24) is 10.3 Å². The number of ether oxygens (including phenoxy) is 1. The van der Waals surface area contributed by atoms with Gasteiger partial charge in [0, 0.05) is 24.1 Å². The predicted molar refractivity (Wildman–Crippen MR) is 88.7 cm³/mol. The molecule has 1 atom stereocenters. The summed E-state index contributed by atoms with van der Waals surface area (Å²) < 4.78 is 5.66. The summed E-state index contributed by atoms with van der Waals surface area (Å²) in [5.41, 5.74) is 2.34. The first-order chi connectivity index (χ1) is 9.90. The molecular weight excluding hydrogens is 280 g/mol. The van der Waals surface area contributed by atoms with Gasteiger partial charge >= 0.3 is 0 Å². The van der Waals surface area contributed by atoms with Crippen molar-refractivity contribution in [1.29, 1.82) is 0 Å². The van der Waals surface area contributed by atoms with Crippen molar-refractivity contribution in [3.8, 4) is 0 Å². The molecule has 1 unspecified atom stereocenters. The van der Waals surface area contributed by atoms with Gasteiger partial charge in [0.15, 0.2) is 0 Å². The molecule has 21 heavy (non-hydrogen) atoms. The standard InChI is InChI=1S/C17H24N2OS/c1-12-14(11-18-17(2,3)4)21-16(19-12)15(20-5)13-9-7-6-8-10-13/h6-10,15,18H,11H2,1-5H3. The maximum Gasteiger partial charge on any atom is 0.134 e. The number of aryl methyl sites for hydroxylation is 1. The van der Waals surface area contributed by atoms with E-state index in [1.54, 1.807) is 18.4 Å². The molecule has 0 aliphatic rings. The molecule has 0 aliphatic carbocycles. The van der Waals surface area contributed by atoms with Crippen molar-refractivity contribution in [3.05, 3.63) is 51.5 Å². The topological polar surface area (TPSA) is 34.1 Å². The fraction of sp³-hybridized carbons (Fsp3) is 0.471. The molecule has 2 rings (SSSR count). The van der Waals surface area contributed by atoms with E-state index in [0.29, 0.717) is 0 Å². The zero-order chi connectivity index (χ0) is 15.5. The predicted octanol–water partition coefficient (Wildman–Crippen LogP) is 4.08. The van der Waals surface area contributed by atoms with Crippen LogP contribution in [0.1, 0.15) is 48.0 Å². The number of hydrogen-bond acceptors (Lipinski definition) is 4. The zero-order valence-corrected chi connectivity index (χ0v) is 14.3. The van der Waals surface area contributed by atoms with Crippen LogP contribution in [0.4, 0.5) is 0 Å². The van der Waals surface area contributed by atoms with Gasteiger partial charge in [0.2, 0.25) is 0 Å². The summed E-state index contributed by atoms with van der Waals surface area (Å²) in [4.78, 5) is 5.99. The number of nitrogens with one attached hydrogen (secondary N) is 1. The van der Waals surface area contributed by atoms with E-state index in [4.69, 9.17) is 9.72 Å². The molecule has 1 aromatic heterocycles. The molecule has 0 aliphatic heterocycles. The summed E-state index contributed by atoms with van der Waals surface area (Å²) in [5, 5.41) is 4.54. The first-order valence-corrected chi connectivity index (χ1v) is 8.01. The Balaban J connectivity index is 2.20. The van der Waals surface area contributed by atoms with Crippen LogP contribution < -0.4 is 5.32 Å². The molecule has 3 nitrogen and oxygen atoms in total. The van der Waals surface area contributed by atoms with Crippen molar-refractivity contribution in [2.45, 2.75) is 45.9 Å². The third kappa shape index (κ3) is 4.37. The minimum Gasteiger partial charge on any atom is -0.370 e. The highest BCUT2D eigenvalue weighted by molar-refractivity contribution is 7.11. The van der Waals surface area contributed by atoms with Gasteiger partial charge in [0.05, 0.1) is 5.69 Å². The maximum absolute atomic E-state index is 5.66. The molecule has 4 heteroatoms. The number of aromatic nitrogens is 1. The van der Waals surface area contributed by atoms with E-state index in [1.165, 1.54) is 4.88 Å². The second-order valence-electron chi connectivity index (χ2n) is 6.19. The molecule has 0 fully saturated rings. The van der Waals surface area contributed by atoms with Gasteiger partial charge in [-0.1, -0.05) is 30.3 Å². The molecule has 0 saturated heterocycles. The normalized spacial score (nSPS) is 13.4. The van der Waals surface area contributed by atoms with Crippen LogP contribution in [-0.2, 0) is 11.3 Å². The average molecular weight is 304 g/mol. The molecule has 0 amide bonds. The highest BCUT2D eigenvalue weighted by atomic mass is 32.1. The highest BCUT2D eigenvalue weighted by Gasteiger charge is 2.20. The lowest BCUT2D eigenvalue weighted by atomic mass is 10.1. The highest BCUT2D eigenvalue weighted by Crippen LogP contribution is 2.30. The van der Waals surface area contributed by atoms with Gasteiger partial charge in [-0.3, -0.25) is 0 Å². The molecule has 1 heterocycles. The summed E-state index contributed by atoms with van der Waals surface area (Å²) in [6.07, 6.45) is -0.0849. The number of hydrogen-bond donors (Lipinski definition) is 1. The first-order valence-electron chi connectivity index (χ1n) is 7.19. The van der Waals surface area contributed by atoms with Gasteiger partial charge in [-0.2, -0.15) is 0 Å². The van der Waals surface area contributed by atoms with Crippen LogP contribution in [0, 0.1) is 6.92 Å². The van der Waals surface area contributed by atoms with Crippen molar-refractivity contribution in [2.24, 2.45) is 0 Å².